The molecule has 1 rings (SSSR count). The van der Waals surface area contributed by atoms with E-state index in [9.17, 15) is 22.8 Å². The highest BCUT2D eigenvalue weighted by molar-refractivity contribution is 7.89. The molecule has 0 aromatic heterocycles. The second kappa shape index (κ2) is 9.02. The molecule has 0 fully saturated rings. The van der Waals surface area contributed by atoms with E-state index in [0.29, 0.717) is 12.1 Å². The van der Waals surface area contributed by atoms with Crippen molar-refractivity contribution >= 4 is 27.6 Å². The van der Waals surface area contributed by atoms with Crippen molar-refractivity contribution in [2.75, 3.05) is 26.0 Å². The third kappa shape index (κ3) is 7.73. The number of likely N-dealkylation sites (N-methyl/N-ethyl adjacent to an activating group) is 1. The number of benzene rings is 1. The summed E-state index contributed by atoms with van der Waals surface area (Å²) in [6, 6.07) is 5.87. The van der Waals surface area contributed by atoms with Crippen LogP contribution in [0.3, 0.4) is 0 Å². The Bertz CT molecular complexity index is 697. The van der Waals surface area contributed by atoms with Crippen LogP contribution in [0.4, 0.5) is 0 Å². The quantitative estimate of drug-likeness (QED) is 0.614. The van der Waals surface area contributed by atoms with E-state index in [2.05, 4.69) is 10.6 Å². The highest BCUT2D eigenvalue weighted by atomic mass is 32.2. The molecule has 0 radical (unpaired) electrons. The van der Waals surface area contributed by atoms with Crippen molar-refractivity contribution in [3.8, 4) is 0 Å². The molecule has 0 aliphatic rings. The molecular formula is C15H20N2O6S. The number of nitrogens with one attached hydrogen (secondary N) is 2. The van der Waals surface area contributed by atoms with Gasteiger partial charge in [0.2, 0.25) is 5.91 Å². The van der Waals surface area contributed by atoms with Gasteiger partial charge in [-0.2, -0.15) is 0 Å². The van der Waals surface area contributed by atoms with Crippen LogP contribution in [0.2, 0.25) is 0 Å². The zero-order chi connectivity index (χ0) is 18.2. The molecule has 0 heterocycles. The lowest BCUT2D eigenvalue weighted by atomic mass is 10.1. The average molecular weight is 356 g/mol. The van der Waals surface area contributed by atoms with Gasteiger partial charge in [0, 0.05) is 12.8 Å². The van der Waals surface area contributed by atoms with Gasteiger partial charge >= 0.3 is 5.97 Å². The molecule has 8 nitrogen and oxygen atoms in total. The minimum atomic E-state index is -3.15. The Kier molecular flexibility index (Phi) is 7.37. The number of hydrogen-bond acceptors (Lipinski definition) is 6. The zero-order valence-electron chi connectivity index (χ0n) is 13.5. The highest BCUT2D eigenvalue weighted by Crippen LogP contribution is 2.09. The lowest BCUT2D eigenvalue weighted by molar-refractivity contribution is -0.127. The molecule has 0 saturated carbocycles. The summed E-state index contributed by atoms with van der Waals surface area (Å²) in [7, 11) is -3.15. The Hall–Kier alpha value is -2.42. The first kappa shape index (κ1) is 19.6. The van der Waals surface area contributed by atoms with Gasteiger partial charge in [0.25, 0.3) is 5.91 Å². The molecule has 0 atom stereocenters. The lowest BCUT2D eigenvalue weighted by Crippen LogP contribution is -2.38. The molecule has 2 N–H and O–H groups in total. The molecule has 2 amide bonds. The fraction of sp³-hybridized carbons (Fsp3) is 0.400. The molecule has 24 heavy (non-hydrogen) atoms. The van der Waals surface area contributed by atoms with E-state index < -0.39 is 28.3 Å². The zero-order valence-corrected chi connectivity index (χ0v) is 14.3. The highest BCUT2D eigenvalue weighted by Gasteiger charge is 2.12. The van der Waals surface area contributed by atoms with Gasteiger partial charge in [-0.25, -0.2) is 13.2 Å². The van der Waals surface area contributed by atoms with Crippen molar-refractivity contribution < 1.29 is 27.5 Å². The van der Waals surface area contributed by atoms with Gasteiger partial charge in [-0.1, -0.05) is 12.1 Å². The first-order valence-corrected chi connectivity index (χ1v) is 9.24. The Morgan fingerprint density at radius 3 is 2.21 bits per heavy atom. The summed E-state index contributed by atoms with van der Waals surface area (Å²) >= 11 is 0. The Morgan fingerprint density at radius 2 is 1.67 bits per heavy atom. The van der Waals surface area contributed by atoms with Crippen LogP contribution in [0.1, 0.15) is 22.8 Å². The molecule has 132 valence electrons. The largest absolute Gasteiger partial charge is 0.452 e. The summed E-state index contributed by atoms with van der Waals surface area (Å²) in [6.45, 7) is 1.51. The molecule has 0 unspecified atom stereocenters. The maximum atomic E-state index is 11.8. The predicted octanol–water partition coefficient (Wildman–Crippen LogP) is -0.360. The molecular weight excluding hydrogens is 336 g/mol. The molecule has 9 heteroatoms. The van der Waals surface area contributed by atoms with E-state index in [4.69, 9.17) is 4.74 Å². The molecule has 0 bridgehead atoms. The lowest BCUT2D eigenvalue weighted by Gasteiger charge is -2.07. The number of rotatable bonds is 8. The van der Waals surface area contributed by atoms with Crippen molar-refractivity contribution in [1.82, 2.24) is 10.6 Å². The second-order valence-corrected chi connectivity index (χ2v) is 7.21. The number of ether oxygens (including phenoxy) is 1. The standard InChI is InChI=1S/C15H20N2O6S/c1-3-16-13(18)8-17-14(19)9-23-15(20)12-6-4-11(5-7-12)10-24(2,21)22/h4-7H,3,8-10H2,1-2H3,(H,16,18)(H,17,19). The van der Waals surface area contributed by atoms with Crippen LogP contribution in [-0.4, -0.2) is 52.2 Å². The normalized spacial score (nSPS) is 10.8. The first-order valence-electron chi connectivity index (χ1n) is 7.18. The second-order valence-electron chi connectivity index (χ2n) is 5.07. The molecule has 0 aliphatic carbocycles. The maximum Gasteiger partial charge on any atom is 0.338 e. The van der Waals surface area contributed by atoms with E-state index in [-0.39, 0.29) is 23.8 Å². The van der Waals surface area contributed by atoms with Crippen LogP contribution < -0.4 is 10.6 Å². The third-order valence-electron chi connectivity index (χ3n) is 2.77. The first-order chi connectivity index (χ1) is 11.2. The summed E-state index contributed by atoms with van der Waals surface area (Å²) in [5, 5.41) is 4.82. The number of hydrogen-bond donors (Lipinski definition) is 2. The number of amides is 2. The number of carbonyl (C=O) groups excluding carboxylic acids is 3. The summed E-state index contributed by atoms with van der Waals surface area (Å²) < 4.78 is 27.2. The van der Waals surface area contributed by atoms with Gasteiger partial charge in [-0.3, -0.25) is 9.59 Å². The van der Waals surface area contributed by atoms with Crippen LogP contribution in [0.5, 0.6) is 0 Å². The number of sulfone groups is 1. The van der Waals surface area contributed by atoms with E-state index in [0.717, 1.165) is 6.26 Å². The van der Waals surface area contributed by atoms with Crippen molar-refractivity contribution in [1.29, 1.82) is 0 Å². The van der Waals surface area contributed by atoms with Crippen LogP contribution in [-0.2, 0) is 29.9 Å². The van der Waals surface area contributed by atoms with Crippen molar-refractivity contribution in [2.24, 2.45) is 0 Å². The molecule has 1 aromatic carbocycles. The topological polar surface area (TPSA) is 119 Å². The Labute approximate surface area is 140 Å². The SMILES string of the molecule is CCNC(=O)CNC(=O)COC(=O)c1ccc(CS(C)(=O)=O)cc1. The summed E-state index contributed by atoms with van der Waals surface area (Å²) in [5.74, 6) is -1.76. The van der Waals surface area contributed by atoms with Crippen molar-refractivity contribution in [2.45, 2.75) is 12.7 Å². The monoisotopic (exact) mass is 356 g/mol. The number of esters is 1. The van der Waals surface area contributed by atoms with Gasteiger partial charge in [0.05, 0.1) is 17.9 Å². The summed E-state index contributed by atoms with van der Waals surface area (Å²) in [4.78, 5) is 34.4. The van der Waals surface area contributed by atoms with Gasteiger partial charge in [0.1, 0.15) is 0 Å². The fourth-order valence-corrected chi connectivity index (χ4v) is 2.54. The average Bonchev–Trinajstić information content (AvgIpc) is 2.50. The molecule has 0 aliphatic heterocycles. The Morgan fingerprint density at radius 1 is 1.04 bits per heavy atom. The molecule has 0 saturated heterocycles. The maximum absolute atomic E-state index is 11.8. The van der Waals surface area contributed by atoms with Crippen molar-refractivity contribution in [3.63, 3.8) is 0 Å². The van der Waals surface area contributed by atoms with E-state index >= 15 is 0 Å². The van der Waals surface area contributed by atoms with Gasteiger partial charge in [0.15, 0.2) is 16.4 Å². The summed E-state index contributed by atoms with van der Waals surface area (Å²) in [5.41, 5.74) is 0.748. The van der Waals surface area contributed by atoms with E-state index in [1.807, 2.05) is 0 Å². The predicted molar refractivity (Wildman–Crippen MR) is 87.0 cm³/mol. The van der Waals surface area contributed by atoms with E-state index in [1.165, 1.54) is 24.3 Å². The third-order valence-corrected chi connectivity index (χ3v) is 3.63. The van der Waals surface area contributed by atoms with Crippen LogP contribution >= 0.6 is 0 Å². The minimum absolute atomic E-state index is 0.120. The van der Waals surface area contributed by atoms with Crippen LogP contribution in [0, 0.1) is 0 Å². The van der Waals surface area contributed by atoms with Gasteiger partial charge in [-0.05, 0) is 24.6 Å². The van der Waals surface area contributed by atoms with Crippen LogP contribution in [0.25, 0.3) is 0 Å². The molecule has 0 spiro atoms. The number of carbonyl (C=O) groups is 3. The van der Waals surface area contributed by atoms with Gasteiger partial charge < -0.3 is 15.4 Å². The van der Waals surface area contributed by atoms with E-state index in [1.54, 1.807) is 6.92 Å². The summed E-state index contributed by atoms with van der Waals surface area (Å²) in [6.07, 6.45) is 1.12. The Balaban J connectivity index is 2.45. The van der Waals surface area contributed by atoms with Crippen molar-refractivity contribution in [3.05, 3.63) is 35.4 Å². The molecule has 1 aromatic rings. The van der Waals surface area contributed by atoms with Crippen LogP contribution in [0.15, 0.2) is 24.3 Å². The minimum Gasteiger partial charge on any atom is -0.452 e. The smallest absolute Gasteiger partial charge is 0.338 e. The fourth-order valence-electron chi connectivity index (χ4n) is 1.74. The van der Waals surface area contributed by atoms with Gasteiger partial charge in [-0.15, -0.1) is 0 Å².